The highest BCUT2D eigenvalue weighted by Gasteiger charge is 2.30. The molecule has 1 saturated heterocycles. The molecule has 0 spiro atoms. The van der Waals surface area contributed by atoms with Crippen molar-refractivity contribution in [3.8, 4) is 0 Å². The fourth-order valence-electron chi connectivity index (χ4n) is 2.91. The number of carbonyl (C=O) groups is 2. The first-order chi connectivity index (χ1) is 12.3. The third kappa shape index (κ3) is 4.52. The monoisotopic (exact) mass is 355 g/mol. The number of carbonyl (C=O) groups excluding carboxylic acids is 2. The Kier molecular flexibility index (Phi) is 5.13. The van der Waals surface area contributed by atoms with Crippen molar-refractivity contribution in [3.05, 3.63) is 42.5 Å². The van der Waals surface area contributed by atoms with Crippen molar-refractivity contribution in [2.45, 2.75) is 32.4 Å². The van der Waals surface area contributed by atoms with Gasteiger partial charge in [-0.1, -0.05) is 30.3 Å². The van der Waals surface area contributed by atoms with Crippen molar-refractivity contribution < 1.29 is 14.3 Å². The van der Waals surface area contributed by atoms with Crippen LogP contribution in [0.1, 0.15) is 20.8 Å². The molecular weight excluding hydrogens is 330 g/mol. The quantitative estimate of drug-likeness (QED) is 0.869. The Balaban J connectivity index is 1.64. The molecule has 2 aromatic carbocycles. The van der Waals surface area contributed by atoms with Gasteiger partial charge in [-0.2, -0.15) is 0 Å². The van der Waals surface area contributed by atoms with Crippen molar-refractivity contribution in [1.82, 2.24) is 10.2 Å². The normalized spacial score (nSPS) is 17.8. The second kappa shape index (κ2) is 7.33. The summed E-state index contributed by atoms with van der Waals surface area (Å²) < 4.78 is 5.40. The third-order valence-electron chi connectivity index (χ3n) is 4.16. The topological polar surface area (TPSA) is 70.7 Å². The molecule has 1 fully saturated rings. The van der Waals surface area contributed by atoms with Gasteiger partial charge < -0.3 is 20.3 Å². The van der Waals surface area contributed by atoms with E-state index < -0.39 is 11.6 Å². The molecule has 3 rings (SSSR count). The molecule has 0 bridgehead atoms. The van der Waals surface area contributed by atoms with Gasteiger partial charge in [-0.25, -0.2) is 4.79 Å². The van der Waals surface area contributed by atoms with E-state index in [2.05, 4.69) is 10.6 Å². The van der Waals surface area contributed by atoms with Crippen LogP contribution in [-0.2, 0) is 9.53 Å². The van der Waals surface area contributed by atoms with Crippen molar-refractivity contribution >= 4 is 28.5 Å². The summed E-state index contributed by atoms with van der Waals surface area (Å²) in [4.78, 5) is 26.4. The Morgan fingerprint density at radius 2 is 1.88 bits per heavy atom. The summed E-state index contributed by atoms with van der Waals surface area (Å²) in [6.07, 6.45) is -0.387. The van der Waals surface area contributed by atoms with E-state index >= 15 is 0 Å². The van der Waals surface area contributed by atoms with Crippen LogP contribution in [0.3, 0.4) is 0 Å². The van der Waals surface area contributed by atoms with Gasteiger partial charge in [0.05, 0.1) is 0 Å². The average Bonchev–Trinajstić information content (AvgIpc) is 2.60. The van der Waals surface area contributed by atoms with Crippen LogP contribution in [0.25, 0.3) is 10.8 Å². The predicted octanol–water partition coefficient (Wildman–Crippen LogP) is 2.99. The molecule has 0 radical (unpaired) electrons. The molecule has 6 nitrogen and oxygen atoms in total. The lowest BCUT2D eigenvalue weighted by molar-refractivity contribution is -0.119. The number of fused-ring (bicyclic) bond motifs is 1. The van der Waals surface area contributed by atoms with Crippen LogP contribution in [0.2, 0.25) is 0 Å². The molecule has 1 unspecified atom stereocenters. The Labute approximate surface area is 153 Å². The molecule has 2 amide bonds. The lowest BCUT2D eigenvalue weighted by Crippen LogP contribution is -2.57. The zero-order valence-corrected chi connectivity index (χ0v) is 15.4. The fraction of sp³-hybridized carbons (Fsp3) is 0.400. The molecule has 26 heavy (non-hydrogen) atoms. The molecule has 2 N–H and O–H groups in total. The Morgan fingerprint density at radius 1 is 1.15 bits per heavy atom. The minimum absolute atomic E-state index is 0.159. The van der Waals surface area contributed by atoms with Gasteiger partial charge in [-0.3, -0.25) is 4.79 Å². The second-order valence-electron chi connectivity index (χ2n) is 7.48. The summed E-state index contributed by atoms with van der Waals surface area (Å²) in [7, 11) is 0. The standard InChI is InChI=1S/C20H25N3O3/c1-20(2,3)26-19(25)23-11-10-21-17(13-23)18(24)22-16-9-8-14-6-4-5-7-15(14)12-16/h4-9,12,17,21H,10-11,13H2,1-3H3,(H,22,24). The summed E-state index contributed by atoms with van der Waals surface area (Å²) in [5, 5.41) is 8.28. The van der Waals surface area contributed by atoms with Crippen molar-refractivity contribution in [2.75, 3.05) is 25.0 Å². The van der Waals surface area contributed by atoms with Crippen LogP contribution in [0.4, 0.5) is 10.5 Å². The van der Waals surface area contributed by atoms with Gasteiger partial charge in [-0.15, -0.1) is 0 Å². The zero-order valence-electron chi connectivity index (χ0n) is 15.4. The fourth-order valence-corrected chi connectivity index (χ4v) is 2.91. The minimum atomic E-state index is -0.551. The molecule has 0 aliphatic carbocycles. The van der Waals surface area contributed by atoms with E-state index in [0.29, 0.717) is 13.1 Å². The summed E-state index contributed by atoms with van der Waals surface area (Å²) in [5.74, 6) is -0.159. The molecule has 1 heterocycles. The number of nitrogens with one attached hydrogen (secondary N) is 2. The van der Waals surface area contributed by atoms with E-state index in [1.807, 2.05) is 63.2 Å². The van der Waals surface area contributed by atoms with Crippen LogP contribution >= 0.6 is 0 Å². The van der Waals surface area contributed by atoms with E-state index in [0.717, 1.165) is 16.5 Å². The first-order valence-corrected chi connectivity index (χ1v) is 8.83. The van der Waals surface area contributed by atoms with Crippen molar-refractivity contribution in [2.24, 2.45) is 0 Å². The number of nitrogens with zero attached hydrogens (tertiary/aromatic N) is 1. The van der Waals surface area contributed by atoms with Crippen LogP contribution < -0.4 is 10.6 Å². The van der Waals surface area contributed by atoms with E-state index in [1.165, 1.54) is 0 Å². The summed E-state index contributed by atoms with van der Waals surface area (Å²) in [6.45, 7) is 6.85. The van der Waals surface area contributed by atoms with Gasteiger partial charge in [0, 0.05) is 25.3 Å². The maximum atomic E-state index is 12.6. The van der Waals surface area contributed by atoms with Crippen LogP contribution in [0.5, 0.6) is 0 Å². The summed E-state index contributed by atoms with van der Waals surface area (Å²) in [6, 6.07) is 13.3. The highest BCUT2D eigenvalue weighted by atomic mass is 16.6. The largest absolute Gasteiger partial charge is 0.444 e. The number of rotatable bonds is 2. The van der Waals surface area contributed by atoms with Gasteiger partial charge in [0.1, 0.15) is 11.6 Å². The van der Waals surface area contributed by atoms with Gasteiger partial charge in [0.2, 0.25) is 5.91 Å². The highest BCUT2D eigenvalue weighted by molar-refractivity contribution is 5.97. The molecule has 6 heteroatoms. The van der Waals surface area contributed by atoms with Gasteiger partial charge in [0.25, 0.3) is 0 Å². The lowest BCUT2D eigenvalue weighted by Gasteiger charge is -2.34. The number of ether oxygens (including phenoxy) is 1. The highest BCUT2D eigenvalue weighted by Crippen LogP contribution is 2.19. The molecule has 138 valence electrons. The van der Waals surface area contributed by atoms with Gasteiger partial charge >= 0.3 is 6.09 Å². The molecule has 2 aromatic rings. The van der Waals surface area contributed by atoms with Crippen molar-refractivity contribution in [1.29, 1.82) is 0 Å². The SMILES string of the molecule is CC(C)(C)OC(=O)N1CCNC(C(=O)Nc2ccc3ccccc3c2)C1. The van der Waals surface area contributed by atoms with E-state index in [4.69, 9.17) is 4.74 Å². The average molecular weight is 355 g/mol. The number of benzene rings is 2. The Bertz CT molecular complexity index is 813. The van der Waals surface area contributed by atoms with Crippen LogP contribution in [0, 0.1) is 0 Å². The molecule has 1 atom stereocenters. The maximum absolute atomic E-state index is 12.6. The minimum Gasteiger partial charge on any atom is -0.444 e. The molecule has 1 aliphatic rings. The van der Waals surface area contributed by atoms with Crippen LogP contribution in [-0.4, -0.2) is 48.2 Å². The molecule has 0 saturated carbocycles. The zero-order chi connectivity index (χ0) is 18.7. The first-order valence-electron chi connectivity index (χ1n) is 8.83. The summed E-state index contributed by atoms with van der Waals surface area (Å²) >= 11 is 0. The Morgan fingerprint density at radius 3 is 2.62 bits per heavy atom. The first kappa shape index (κ1) is 18.2. The third-order valence-corrected chi connectivity index (χ3v) is 4.16. The van der Waals surface area contributed by atoms with Crippen LogP contribution in [0.15, 0.2) is 42.5 Å². The number of hydrogen-bond acceptors (Lipinski definition) is 4. The second-order valence-corrected chi connectivity index (χ2v) is 7.48. The maximum Gasteiger partial charge on any atom is 0.410 e. The van der Waals surface area contributed by atoms with E-state index in [1.54, 1.807) is 4.90 Å². The molecule has 0 aromatic heterocycles. The number of hydrogen-bond donors (Lipinski definition) is 2. The Hall–Kier alpha value is -2.60. The number of piperazine rings is 1. The number of amides is 2. The van der Waals surface area contributed by atoms with Crippen molar-refractivity contribution in [3.63, 3.8) is 0 Å². The van der Waals surface area contributed by atoms with Gasteiger partial charge in [-0.05, 0) is 43.7 Å². The predicted molar refractivity (Wildman–Crippen MR) is 102 cm³/mol. The lowest BCUT2D eigenvalue weighted by atomic mass is 10.1. The molecular formula is C20H25N3O3. The smallest absolute Gasteiger partial charge is 0.410 e. The van der Waals surface area contributed by atoms with E-state index in [-0.39, 0.29) is 18.5 Å². The van der Waals surface area contributed by atoms with E-state index in [9.17, 15) is 9.59 Å². The summed E-state index contributed by atoms with van der Waals surface area (Å²) in [5.41, 5.74) is 0.190. The molecule has 1 aliphatic heterocycles. The van der Waals surface area contributed by atoms with Gasteiger partial charge in [0.15, 0.2) is 0 Å². The number of anilines is 1.